The van der Waals surface area contributed by atoms with Gasteiger partial charge in [-0.2, -0.15) is 4.98 Å². The topological polar surface area (TPSA) is 124 Å². The number of methoxy groups -OCH3 is 1. The minimum Gasteiger partial charge on any atom is -0.481 e. The Kier molecular flexibility index (Phi) is 7.30. The lowest BCUT2D eigenvalue weighted by Crippen LogP contribution is -2.41. The first-order valence-corrected chi connectivity index (χ1v) is 12.3. The number of nitrogens with one attached hydrogen (secondary N) is 2. The quantitative estimate of drug-likeness (QED) is 0.463. The molecule has 1 amide bonds. The van der Waals surface area contributed by atoms with Crippen molar-refractivity contribution in [2.45, 2.75) is 25.9 Å². The maximum Gasteiger partial charge on any atom is 0.270 e. The first-order chi connectivity index (χ1) is 17.5. The monoisotopic (exact) mass is 513 g/mol. The Balaban J connectivity index is 1.16. The summed E-state index contributed by atoms with van der Waals surface area (Å²) in [5.74, 6) is 1.58. The molecule has 2 aliphatic rings. The van der Waals surface area contributed by atoms with Crippen LogP contribution in [0.3, 0.4) is 0 Å². The van der Waals surface area contributed by atoms with E-state index in [1.807, 2.05) is 6.07 Å². The minimum atomic E-state index is -0.226. The predicted molar refractivity (Wildman–Crippen MR) is 135 cm³/mol. The van der Waals surface area contributed by atoms with Crippen LogP contribution < -0.4 is 25.7 Å². The van der Waals surface area contributed by atoms with Gasteiger partial charge in [0.1, 0.15) is 5.52 Å². The average molecular weight is 514 g/mol. The number of carbonyl (C=O) groups is 1. The van der Waals surface area contributed by atoms with Crippen molar-refractivity contribution in [2.24, 2.45) is 5.92 Å². The lowest BCUT2D eigenvalue weighted by atomic mass is 9.98. The molecule has 0 bridgehead atoms. The zero-order valence-electron chi connectivity index (χ0n) is 20.0. The van der Waals surface area contributed by atoms with Crippen molar-refractivity contribution in [3.8, 4) is 11.6 Å². The van der Waals surface area contributed by atoms with Gasteiger partial charge in [0.15, 0.2) is 23.8 Å². The van der Waals surface area contributed by atoms with Gasteiger partial charge in [-0.05, 0) is 37.9 Å². The van der Waals surface area contributed by atoms with Gasteiger partial charge in [0.05, 0.1) is 24.0 Å². The van der Waals surface area contributed by atoms with Crippen LogP contribution in [0.1, 0.15) is 18.5 Å². The number of ether oxygens (including phenoxy) is 2. The van der Waals surface area contributed by atoms with Crippen molar-refractivity contribution in [3.63, 3.8) is 0 Å². The molecular formula is C24H28ClN7O4. The summed E-state index contributed by atoms with van der Waals surface area (Å²) in [6, 6.07) is 5.24. The fourth-order valence-electron chi connectivity index (χ4n) is 4.65. The number of nitrogens with zero attached hydrogens (tertiary/aromatic N) is 5. The van der Waals surface area contributed by atoms with E-state index in [0.717, 1.165) is 39.0 Å². The van der Waals surface area contributed by atoms with Gasteiger partial charge in [0, 0.05) is 38.3 Å². The Bertz CT molecular complexity index is 1330. The van der Waals surface area contributed by atoms with E-state index in [2.05, 4.69) is 30.5 Å². The van der Waals surface area contributed by atoms with E-state index in [0.29, 0.717) is 58.3 Å². The number of amides is 1. The van der Waals surface area contributed by atoms with E-state index < -0.39 is 0 Å². The van der Waals surface area contributed by atoms with E-state index in [1.165, 1.54) is 6.20 Å². The summed E-state index contributed by atoms with van der Waals surface area (Å²) in [5.41, 5.74) is 1.69. The molecule has 5 heterocycles. The summed E-state index contributed by atoms with van der Waals surface area (Å²) in [5, 5.41) is 6.67. The fourth-order valence-corrected chi connectivity index (χ4v) is 4.86. The third-order valence-corrected chi connectivity index (χ3v) is 6.80. The molecule has 1 saturated heterocycles. The Hall–Kier alpha value is -3.28. The first-order valence-electron chi connectivity index (χ1n) is 12.0. The second-order valence-corrected chi connectivity index (χ2v) is 9.39. The number of anilines is 1. The third-order valence-electron chi connectivity index (χ3n) is 6.47. The SMILES string of the molecule is COc1ccc2ncc(=O)n(CCN3CCC[C@@H](CNCc4nc5c(cc4Cl)OCC(=O)N5)C3)c2n1. The molecule has 2 N–H and O–H groups in total. The largest absolute Gasteiger partial charge is 0.481 e. The molecule has 0 saturated carbocycles. The third kappa shape index (κ3) is 5.43. The van der Waals surface area contributed by atoms with Gasteiger partial charge in [-0.15, -0.1) is 0 Å². The molecule has 5 rings (SSSR count). The number of aromatic nitrogens is 4. The predicted octanol–water partition coefficient (Wildman–Crippen LogP) is 1.68. The van der Waals surface area contributed by atoms with Crippen LogP contribution >= 0.6 is 11.6 Å². The van der Waals surface area contributed by atoms with Crippen molar-refractivity contribution in [3.05, 3.63) is 45.5 Å². The molecule has 190 valence electrons. The van der Waals surface area contributed by atoms with Gasteiger partial charge in [-0.25, -0.2) is 9.97 Å². The highest BCUT2D eigenvalue weighted by molar-refractivity contribution is 6.31. The normalized spacial score (nSPS) is 17.9. The van der Waals surface area contributed by atoms with E-state index in [1.54, 1.807) is 23.8 Å². The fraction of sp³-hybridized carbons (Fsp3) is 0.458. The zero-order chi connectivity index (χ0) is 25.1. The molecule has 2 aliphatic heterocycles. The van der Waals surface area contributed by atoms with Crippen molar-refractivity contribution in [1.29, 1.82) is 0 Å². The minimum absolute atomic E-state index is 0.0302. The van der Waals surface area contributed by atoms with Gasteiger partial charge in [0.2, 0.25) is 5.88 Å². The maximum atomic E-state index is 12.5. The molecule has 0 aliphatic carbocycles. The molecule has 1 atom stereocenters. The van der Waals surface area contributed by atoms with Gasteiger partial charge < -0.3 is 25.0 Å². The number of halogens is 1. The van der Waals surface area contributed by atoms with E-state index in [4.69, 9.17) is 21.1 Å². The maximum absolute atomic E-state index is 12.5. The van der Waals surface area contributed by atoms with Gasteiger partial charge in [-0.1, -0.05) is 11.6 Å². The van der Waals surface area contributed by atoms with Crippen LogP contribution in [0, 0.1) is 5.92 Å². The van der Waals surface area contributed by atoms with Crippen LogP contribution in [-0.2, 0) is 17.9 Å². The van der Waals surface area contributed by atoms with Crippen molar-refractivity contribution < 1.29 is 14.3 Å². The number of hydrogen-bond acceptors (Lipinski definition) is 9. The number of rotatable bonds is 8. The smallest absolute Gasteiger partial charge is 0.270 e. The Morgan fingerprint density at radius 1 is 1.28 bits per heavy atom. The summed E-state index contributed by atoms with van der Waals surface area (Å²) in [6.07, 6.45) is 3.55. The first kappa shape index (κ1) is 24.4. The van der Waals surface area contributed by atoms with Crippen LogP contribution in [0.25, 0.3) is 11.2 Å². The summed E-state index contributed by atoms with van der Waals surface area (Å²) >= 11 is 6.37. The number of likely N-dealkylation sites (tertiary alicyclic amines) is 1. The summed E-state index contributed by atoms with van der Waals surface area (Å²) in [7, 11) is 1.55. The van der Waals surface area contributed by atoms with Crippen LogP contribution in [0.2, 0.25) is 5.02 Å². The molecule has 0 radical (unpaired) electrons. The Morgan fingerprint density at radius 3 is 3.03 bits per heavy atom. The van der Waals surface area contributed by atoms with Crippen LogP contribution in [0.5, 0.6) is 11.6 Å². The molecule has 3 aromatic rings. The molecule has 0 aromatic carbocycles. The second kappa shape index (κ2) is 10.8. The number of hydrogen-bond donors (Lipinski definition) is 2. The average Bonchev–Trinajstić information content (AvgIpc) is 2.88. The molecule has 0 unspecified atom stereocenters. The van der Waals surface area contributed by atoms with Gasteiger partial charge in [0.25, 0.3) is 11.5 Å². The Labute approximate surface area is 212 Å². The molecule has 0 spiro atoms. The number of pyridine rings is 2. The molecule has 36 heavy (non-hydrogen) atoms. The van der Waals surface area contributed by atoms with Crippen molar-refractivity contribution in [2.75, 3.05) is 45.2 Å². The number of fused-ring (bicyclic) bond motifs is 2. The second-order valence-electron chi connectivity index (χ2n) is 8.98. The standard InChI is InChI=1S/C24H28ClN7O4/c1-35-21-5-4-17-24(30-21)32(22(34)12-27-17)8-7-31-6-2-3-15(13-31)10-26-11-18-16(25)9-19-23(28-18)29-20(33)14-36-19/h4-5,9,12,15,26H,2-3,6-8,10-11,13-14H2,1H3,(H,28,29,33)/t15-/m0/s1. The summed E-state index contributed by atoms with van der Waals surface area (Å²) in [6.45, 7) is 4.46. The zero-order valence-corrected chi connectivity index (χ0v) is 20.8. The highest BCUT2D eigenvalue weighted by Crippen LogP contribution is 2.30. The molecule has 3 aromatic heterocycles. The van der Waals surface area contributed by atoms with Crippen LogP contribution in [0.15, 0.2) is 29.2 Å². The highest BCUT2D eigenvalue weighted by Gasteiger charge is 2.22. The van der Waals surface area contributed by atoms with Gasteiger partial charge >= 0.3 is 0 Å². The van der Waals surface area contributed by atoms with E-state index in [9.17, 15) is 9.59 Å². The summed E-state index contributed by atoms with van der Waals surface area (Å²) < 4.78 is 12.3. The molecule has 1 fully saturated rings. The number of carbonyl (C=O) groups excluding carboxylic acids is 1. The summed E-state index contributed by atoms with van der Waals surface area (Å²) in [4.78, 5) is 39.6. The molecule has 11 nitrogen and oxygen atoms in total. The van der Waals surface area contributed by atoms with Crippen LogP contribution in [-0.4, -0.2) is 70.2 Å². The lowest BCUT2D eigenvalue weighted by molar-refractivity contribution is -0.118. The van der Waals surface area contributed by atoms with Crippen LogP contribution in [0.4, 0.5) is 5.82 Å². The number of piperidine rings is 1. The highest BCUT2D eigenvalue weighted by atomic mass is 35.5. The van der Waals surface area contributed by atoms with Gasteiger partial charge in [-0.3, -0.25) is 14.2 Å². The lowest BCUT2D eigenvalue weighted by Gasteiger charge is -2.33. The van der Waals surface area contributed by atoms with E-state index >= 15 is 0 Å². The molecular weight excluding hydrogens is 486 g/mol. The Morgan fingerprint density at radius 2 is 2.17 bits per heavy atom. The van der Waals surface area contributed by atoms with E-state index in [-0.39, 0.29) is 18.1 Å². The van der Waals surface area contributed by atoms with Crippen molar-refractivity contribution >= 4 is 34.5 Å². The molecule has 12 heteroatoms. The van der Waals surface area contributed by atoms with Crippen molar-refractivity contribution in [1.82, 2.24) is 29.7 Å².